The average molecular weight is 325 g/mol. The highest BCUT2D eigenvalue weighted by Crippen LogP contribution is 2.30. The number of ether oxygens (including phenoxy) is 1. The van der Waals surface area contributed by atoms with Gasteiger partial charge in [-0.2, -0.15) is 0 Å². The van der Waals surface area contributed by atoms with Crippen LogP contribution in [-0.4, -0.2) is 12.5 Å². The number of nitrogen functional groups attached to an aromatic ring is 1. The van der Waals surface area contributed by atoms with Crippen LogP contribution in [0.15, 0.2) is 36.4 Å². The minimum absolute atomic E-state index is 0.124. The summed E-state index contributed by atoms with van der Waals surface area (Å²) < 4.78 is 5.38. The maximum Gasteiger partial charge on any atom is 0.262 e. The van der Waals surface area contributed by atoms with Crippen molar-refractivity contribution in [1.82, 2.24) is 0 Å². The predicted molar refractivity (Wildman–Crippen MR) is 86.2 cm³/mol. The molecule has 2 aromatic carbocycles. The largest absolute Gasteiger partial charge is 0.484 e. The van der Waals surface area contributed by atoms with E-state index in [9.17, 15) is 4.79 Å². The van der Waals surface area contributed by atoms with Gasteiger partial charge in [0.1, 0.15) is 5.75 Å². The zero-order chi connectivity index (χ0) is 15.4. The zero-order valence-electron chi connectivity index (χ0n) is 11.3. The SMILES string of the molecule is Cc1ccc(OCC(=O)Nc2cc(Cl)c(N)cc2Cl)cc1. The highest BCUT2D eigenvalue weighted by atomic mass is 35.5. The summed E-state index contributed by atoms with van der Waals surface area (Å²) in [5, 5.41) is 3.27. The molecule has 4 nitrogen and oxygen atoms in total. The minimum atomic E-state index is -0.335. The average Bonchev–Trinajstić information content (AvgIpc) is 2.44. The molecule has 0 radical (unpaired) electrons. The smallest absolute Gasteiger partial charge is 0.262 e. The molecule has 110 valence electrons. The van der Waals surface area contributed by atoms with Crippen molar-refractivity contribution in [2.45, 2.75) is 6.92 Å². The molecule has 0 aliphatic carbocycles. The van der Waals surface area contributed by atoms with Crippen LogP contribution >= 0.6 is 23.2 Å². The van der Waals surface area contributed by atoms with Crippen molar-refractivity contribution in [3.8, 4) is 5.75 Å². The van der Waals surface area contributed by atoms with E-state index >= 15 is 0 Å². The van der Waals surface area contributed by atoms with Crippen LogP contribution in [0.25, 0.3) is 0 Å². The van der Waals surface area contributed by atoms with Gasteiger partial charge in [0.05, 0.1) is 21.4 Å². The van der Waals surface area contributed by atoms with Crippen LogP contribution in [0.4, 0.5) is 11.4 Å². The third-order valence-electron chi connectivity index (χ3n) is 2.75. The third kappa shape index (κ3) is 4.28. The maximum absolute atomic E-state index is 11.8. The number of carbonyl (C=O) groups excluding carboxylic acids is 1. The summed E-state index contributed by atoms with van der Waals surface area (Å²) in [4.78, 5) is 11.8. The standard InChI is InChI=1S/C15H14Cl2N2O2/c1-9-2-4-10(5-3-9)21-8-15(20)19-14-7-11(16)13(18)6-12(14)17/h2-7H,8,18H2,1H3,(H,19,20). The van der Waals surface area contributed by atoms with Gasteiger partial charge in [0.15, 0.2) is 6.61 Å². The first kappa shape index (κ1) is 15.5. The van der Waals surface area contributed by atoms with Crippen LogP contribution in [0, 0.1) is 6.92 Å². The number of amides is 1. The van der Waals surface area contributed by atoms with E-state index in [1.165, 1.54) is 12.1 Å². The van der Waals surface area contributed by atoms with Crippen LogP contribution in [0.5, 0.6) is 5.75 Å². The van der Waals surface area contributed by atoms with Crippen LogP contribution in [0.2, 0.25) is 10.0 Å². The van der Waals surface area contributed by atoms with Crippen molar-refractivity contribution in [2.24, 2.45) is 0 Å². The van der Waals surface area contributed by atoms with E-state index in [-0.39, 0.29) is 12.5 Å². The maximum atomic E-state index is 11.8. The fourth-order valence-corrected chi connectivity index (χ4v) is 2.01. The van der Waals surface area contributed by atoms with Crippen molar-refractivity contribution in [3.63, 3.8) is 0 Å². The van der Waals surface area contributed by atoms with Gasteiger partial charge in [-0.25, -0.2) is 0 Å². The van der Waals surface area contributed by atoms with Gasteiger partial charge in [0.25, 0.3) is 5.91 Å². The Balaban J connectivity index is 1.96. The molecule has 21 heavy (non-hydrogen) atoms. The fraction of sp³-hybridized carbons (Fsp3) is 0.133. The molecule has 0 unspecified atom stereocenters. The zero-order valence-corrected chi connectivity index (χ0v) is 12.8. The van der Waals surface area contributed by atoms with Crippen molar-refractivity contribution >= 4 is 40.5 Å². The molecule has 0 aliphatic heterocycles. The van der Waals surface area contributed by atoms with Gasteiger partial charge in [-0.15, -0.1) is 0 Å². The topological polar surface area (TPSA) is 64.3 Å². The molecule has 0 spiro atoms. The molecule has 0 saturated heterocycles. The summed E-state index contributed by atoms with van der Waals surface area (Å²) in [6.07, 6.45) is 0. The van der Waals surface area contributed by atoms with Gasteiger partial charge in [-0.3, -0.25) is 4.79 Å². The number of rotatable bonds is 4. The molecule has 0 bridgehead atoms. The Morgan fingerprint density at radius 2 is 1.86 bits per heavy atom. The Morgan fingerprint density at radius 3 is 2.52 bits per heavy atom. The van der Waals surface area contributed by atoms with E-state index in [4.69, 9.17) is 33.7 Å². The Bertz CT molecular complexity index is 657. The summed E-state index contributed by atoms with van der Waals surface area (Å²) in [6.45, 7) is 1.85. The summed E-state index contributed by atoms with van der Waals surface area (Å²) in [6, 6.07) is 10.4. The number of halogens is 2. The Labute approximate surface area is 132 Å². The molecule has 6 heteroatoms. The number of anilines is 2. The molecule has 2 rings (SSSR count). The van der Waals surface area contributed by atoms with Crippen LogP contribution in [0.3, 0.4) is 0 Å². The van der Waals surface area contributed by atoms with Crippen molar-refractivity contribution in [2.75, 3.05) is 17.7 Å². The first-order valence-electron chi connectivity index (χ1n) is 6.19. The molecular weight excluding hydrogens is 311 g/mol. The second-order valence-corrected chi connectivity index (χ2v) is 5.32. The molecule has 0 atom stereocenters. The summed E-state index contributed by atoms with van der Waals surface area (Å²) in [7, 11) is 0. The molecule has 0 aliphatic rings. The lowest BCUT2D eigenvalue weighted by Crippen LogP contribution is -2.20. The van der Waals surface area contributed by atoms with E-state index in [0.717, 1.165) is 5.56 Å². The van der Waals surface area contributed by atoms with E-state index in [1.54, 1.807) is 12.1 Å². The van der Waals surface area contributed by atoms with Gasteiger partial charge in [0.2, 0.25) is 0 Å². The number of benzene rings is 2. The quantitative estimate of drug-likeness (QED) is 0.838. The van der Waals surface area contributed by atoms with Gasteiger partial charge >= 0.3 is 0 Å². The van der Waals surface area contributed by atoms with E-state index < -0.39 is 0 Å². The van der Waals surface area contributed by atoms with Crippen molar-refractivity contribution < 1.29 is 9.53 Å². The Kier molecular flexibility index (Phi) is 4.94. The van der Waals surface area contributed by atoms with E-state index in [1.807, 2.05) is 19.1 Å². The normalized spacial score (nSPS) is 10.2. The second kappa shape index (κ2) is 6.70. The Hall–Kier alpha value is -1.91. The molecule has 1 amide bonds. The number of aryl methyl sites for hydroxylation is 1. The lowest BCUT2D eigenvalue weighted by Gasteiger charge is -2.10. The summed E-state index contributed by atoms with van der Waals surface area (Å²) >= 11 is 11.9. The van der Waals surface area contributed by atoms with Gasteiger partial charge < -0.3 is 15.8 Å². The molecular formula is C15H14Cl2N2O2. The number of carbonyl (C=O) groups is 1. The van der Waals surface area contributed by atoms with Crippen LogP contribution in [-0.2, 0) is 4.79 Å². The predicted octanol–water partition coefficient (Wildman–Crippen LogP) is 3.90. The van der Waals surface area contributed by atoms with Crippen LogP contribution in [0.1, 0.15) is 5.56 Å². The molecule has 3 N–H and O–H groups in total. The molecule has 2 aromatic rings. The first-order valence-corrected chi connectivity index (χ1v) is 6.95. The van der Waals surface area contributed by atoms with Gasteiger partial charge in [-0.1, -0.05) is 40.9 Å². The number of nitrogens with two attached hydrogens (primary N) is 1. The molecule has 0 aromatic heterocycles. The summed E-state index contributed by atoms with van der Waals surface area (Å²) in [5.74, 6) is 0.287. The van der Waals surface area contributed by atoms with Crippen LogP contribution < -0.4 is 15.8 Å². The van der Waals surface area contributed by atoms with Crippen molar-refractivity contribution in [1.29, 1.82) is 0 Å². The lowest BCUT2D eigenvalue weighted by atomic mass is 10.2. The lowest BCUT2D eigenvalue weighted by molar-refractivity contribution is -0.118. The van der Waals surface area contributed by atoms with E-state index in [2.05, 4.69) is 5.32 Å². The first-order chi connectivity index (χ1) is 9.95. The number of nitrogens with one attached hydrogen (secondary N) is 1. The number of hydrogen-bond acceptors (Lipinski definition) is 3. The molecule has 0 saturated carbocycles. The fourth-order valence-electron chi connectivity index (χ4n) is 1.63. The minimum Gasteiger partial charge on any atom is -0.484 e. The highest BCUT2D eigenvalue weighted by Gasteiger charge is 2.09. The number of hydrogen-bond donors (Lipinski definition) is 2. The third-order valence-corrected chi connectivity index (χ3v) is 3.39. The van der Waals surface area contributed by atoms with E-state index in [0.29, 0.717) is 27.2 Å². The van der Waals surface area contributed by atoms with Gasteiger partial charge in [-0.05, 0) is 31.2 Å². The summed E-state index contributed by atoms with van der Waals surface area (Å²) in [5.41, 5.74) is 7.49. The molecule has 0 heterocycles. The van der Waals surface area contributed by atoms with Gasteiger partial charge in [0, 0.05) is 0 Å². The Morgan fingerprint density at radius 1 is 1.19 bits per heavy atom. The monoisotopic (exact) mass is 324 g/mol. The highest BCUT2D eigenvalue weighted by molar-refractivity contribution is 6.37. The second-order valence-electron chi connectivity index (χ2n) is 4.50. The molecule has 0 fully saturated rings. The van der Waals surface area contributed by atoms with Crippen molar-refractivity contribution in [3.05, 3.63) is 52.0 Å².